The fraction of sp³-hybridized carbons (Fsp3) is 0.438. The van der Waals surface area contributed by atoms with E-state index in [-0.39, 0.29) is 5.91 Å². The van der Waals surface area contributed by atoms with Gasteiger partial charge in [-0.15, -0.1) is 11.3 Å². The maximum atomic E-state index is 12.4. The summed E-state index contributed by atoms with van der Waals surface area (Å²) in [5.41, 5.74) is 0.758. The Kier molecular flexibility index (Phi) is 4.68. The molecule has 0 spiro atoms. The maximum Gasteiger partial charge on any atom is 0.228 e. The minimum Gasteiger partial charge on any atom is -0.478 e. The highest BCUT2D eigenvalue weighted by atomic mass is 32.1. The van der Waals surface area contributed by atoms with Crippen molar-refractivity contribution in [2.24, 2.45) is 0 Å². The van der Waals surface area contributed by atoms with Crippen LogP contribution in [-0.4, -0.2) is 40.5 Å². The van der Waals surface area contributed by atoms with Gasteiger partial charge in [0.1, 0.15) is 0 Å². The molecule has 1 atom stereocenters. The zero-order valence-corrected chi connectivity index (χ0v) is 13.4. The van der Waals surface area contributed by atoms with Crippen LogP contribution in [0.4, 0.5) is 0 Å². The molecule has 0 saturated carbocycles. The van der Waals surface area contributed by atoms with E-state index >= 15 is 0 Å². The van der Waals surface area contributed by atoms with Crippen molar-refractivity contribution >= 4 is 17.2 Å². The van der Waals surface area contributed by atoms with Gasteiger partial charge in [-0.3, -0.25) is 4.79 Å². The number of carbonyl (C=O) groups is 1. The van der Waals surface area contributed by atoms with Crippen LogP contribution in [0.15, 0.2) is 29.8 Å². The first kappa shape index (κ1) is 15.0. The topological polar surface area (TPSA) is 55.3 Å². The first-order chi connectivity index (χ1) is 10.8. The Morgan fingerprint density at radius 1 is 1.50 bits per heavy atom. The molecule has 0 aliphatic carbocycles. The molecule has 1 saturated heterocycles. The van der Waals surface area contributed by atoms with E-state index in [2.05, 4.69) is 9.97 Å². The SMILES string of the molecule is CCOc1cccc(CC(=O)N2CCC(c3nccs3)C2)n1. The van der Waals surface area contributed by atoms with Crippen molar-refractivity contribution in [2.75, 3.05) is 19.7 Å². The third-order valence-electron chi connectivity index (χ3n) is 3.75. The molecule has 0 bridgehead atoms. The van der Waals surface area contributed by atoms with Gasteiger partial charge < -0.3 is 9.64 Å². The number of pyridine rings is 1. The number of rotatable bonds is 5. The summed E-state index contributed by atoms with van der Waals surface area (Å²) in [7, 11) is 0. The summed E-state index contributed by atoms with van der Waals surface area (Å²) in [4.78, 5) is 23.1. The molecular formula is C16H19N3O2S. The van der Waals surface area contributed by atoms with Crippen molar-refractivity contribution < 1.29 is 9.53 Å². The van der Waals surface area contributed by atoms with Crippen LogP contribution in [0, 0.1) is 0 Å². The summed E-state index contributed by atoms with van der Waals surface area (Å²) in [6.07, 6.45) is 3.14. The molecule has 1 aliphatic rings. The predicted molar refractivity (Wildman–Crippen MR) is 85.2 cm³/mol. The lowest BCUT2D eigenvalue weighted by Gasteiger charge is -2.16. The van der Waals surface area contributed by atoms with E-state index in [4.69, 9.17) is 4.74 Å². The summed E-state index contributed by atoms with van der Waals surface area (Å²) in [6.45, 7) is 4.06. The Bertz CT molecular complexity index is 630. The van der Waals surface area contributed by atoms with Gasteiger partial charge in [-0.25, -0.2) is 9.97 Å². The summed E-state index contributed by atoms with van der Waals surface area (Å²) in [5.74, 6) is 1.08. The Morgan fingerprint density at radius 3 is 3.18 bits per heavy atom. The highest BCUT2D eigenvalue weighted by Crippen LogP contribution is 2.28. The van der Waals surface area contributed by atoms with Crippen molar-refractivity contribution in [3.8, 4) is 5.88 Å². The van der Waals surface area contributed by atoms with Crippen LogP contribution in [0.3, 0.4) is 0 Å². The van der Waals surface area contributed by atoms with Gasteiger partial charge >= 0.3 is 0 Å². The molecular weight excluding hydrogens is 298 g/mol. The molecule has 1 fully saturated rings. The Hall–Kier alpha value is -1.95. The fourth-order valence-corrected chi connectivity index (χ4v) is 3.44. The number of thiazole rings is 1. The van der Waals surface area contributed by atoms with E-state index in [1.54, 1.807) is 11.3 Å². The molecule has 2 aromatic heterocycles. The molecule has 0 N–H and O–H groups in total. The van der Waals surface area contributed by atoms with Crippen LogP contribution in [0.2, 0.25) is 0 Å². The van der Waals surface area contributed by atoms with Crippen molar-refractivity contribution in [3.63, 3.8) is 0 Å². The molecule has 3 heterocycles. The zero-order valence-electron chi connectivity index (χ0n) is 12.6. The van der Waals surface area contributed by atoms with E-state index < -0.39 is 0 Å². The molecule has 6 heteroatoms. The Labute approximate surface area is 134 Å². The number of likely N-dealkylation sites (tertiary alicyclic amines) is 1. The second kappa shape index (κ2) is 6.87. The third-order valence-corrected chi connectivity index (χ3v) is 4.69. The van der Waals surface area contributed by atoms with Crippen LogP contribution >= 0.6 is 11.3 Å². The van der Waals surface area contributed by atoms with E-state index in [0.29, 0.717) is 24.8 Å². The maximum absolute atomic E-state index is 12.4. The molecule has 1 aliphatic heterocycles. The van der Waals surface area contributed by atoms with Crippen LogP contribution in [-0.2, 0) is 11.2 Å². The number of carbonyl (C=O) groups excluding carboxylic acids is 1. The number of hydrogen-bond acceptors (Lipinski definition) is 5. The second-order valence-electron chi connectivity index (χ2n) is 5.27. The molecule has 22 heavy (non-hydrogen) atoms. The van der Waals surface area contributed by atoms with Crippen LogP contribution in [0.1, 0.15) is 30.0 Å². The normalized spacial score (nSPS) is 17.7. The minimum absolute atomic E-state index is 0.125. The third kappa shape index (κ3) is 3.44. The average Bonchev–Trinajstić information content (AvgIpc) is 3.19. The predicted octanol–water partition coefficient (Wildman–Crippen LogP) is 2.50. The molecule has 1 amide bonds. The Morgan fingerprint density at radius 2 is 2.41 bits per heavy atom. The van der Waals surface area contributed by atoms with Gasteiger partial charge in [-0.1, -0.05) is 6.07 Å². The number of ether oxygens (including phenoxy) is 1. The molecule has 0 aromatic carbocycles. The first-order valence-corrected chi connectivity index (χ1v) is 8.40. The Balaban J connectivity index is 1.59. The quantitative estimate of drug-likeness (QED) is 0.850. The van der Waals surface area contributed by atoms with Gasteiger partial charge in [0.2, 0.25) is 11.8 Å². The smallest absolute Gasteiger partial charge is 0.228 e. The van der Waals surface area contributed by atoms with Gasteiger partial charge in [-0.05, 0) is 19.4 Å². The van der Waals surface area contributed by atoms with Crippen LogP contribution < -0.4 is 4.74 Å². The van der Waals surface area contributed by atoms with E-state index in [9.17, 15) is 4.79 Å². The number of hydrogen-bond donors (Lipinski definition) is 0. The second-order valence-corrected chi connectivity index (χ2v) is 6.20. The van der Waals surface area contributed by atoms with E-state index in [0.717, 1.165) is 30.2 Å². The fourth-order valence-electron chi connectivity index (χ4n) is 2.68. The van der Waals surface area contributed by atoms with Gasteiger partial charge in [0.05, 0.1) is 23.7 Å². The van der Waals surface area contributed by atoms with Gasteiger partial charge in [0.15, 0.2) is 0 Å². The summed E-state index contributed by atoms with van der Waals surface area (Å²) < 4.78 is 5.38. The van der Waals surface area contributed by atoms with E-state index in [1.807, 2.05) is 41.6 Å². The summed E-state index contributed by atoms with van der Waals surface area (Å²) >= 11 is 1.67. The van der Waals surface area contributed by atoms with Gasteiger partial charge in [0.25, 0.3) is 0 Å². The molecule has 0 radical (unpaired) electrons. The largest absolute Gasteiger partial charge is 0.478 e. The lowest BCUT2D eigenvalue weighted by Crippen LogP contribution is -2.30. The number of amides is 1. The number of aromatic nitrogens is 2. The molecule has 2 aromatic rings. The van der Waals surface area contributed by atoms with Crippen LogP contribution in [0.5, 0.6) is 5.88 Å². The van der Waals surface area contributed by atoms with Crippen molar-refractivity contribution in [2.45, 2.75) is 25.7 Å². The van der Waals surface area contributed by atoms with E-state index in [1.165, 1.54) is 0 Å². The highest BCUT2D eigenvalue weighted by Gasteiger charge is 2.28. The van der Waals surface area contributed by atoms with Crippen LogP contribution in [0.25, 0.3) is 0 Å². The van der Waals surface area contributed by atoms with Crippen molar-refractivity contribution in [1.82, 2.24) is 14.9 Å². The standard InChI is InChI=1S/C16H19N3O2S/c1-2-21-14-5-3-4-13(18-14)10-15(20)19-8-6-12(11-19)16-17-7-9-22-16/h3-5,7,9,12H,2,6,8,10-11H2,1H3. The first-order valence-electron chi connectivity index (χ1n) is 7.52. The summed E-state index contributed by atoms with van der Waals surface area (Å²) in [6, 6.07) is 5.56. The monoisotopic (exact) mass is 317 g/mol. The lowest BCUT2D eigenvalue weighted by molar-refractivity contribution is -0.129. The molecule has 1 unspecified atom stereocenters. The molecule has 116 valence electrons. The zero-order chi connectivity index (χ0) is 15.4. The highest BCUT2D eigenvalue weighted by molar-refractivity contribution is 7.09. The number of nitrogens with zero attached hydrogens (tertiary/aromatic N) is 3. The molecule has 3 rings (SSSR count). The average molecular weight is 317 g/mol. The van der Waals surface area contributed by atoms with Crippen molar-refractivity contribution in [3.05, 3.63) is 40.5 Å². The van der Waals surface area contributed by atoms with Gasteiger partial charge in [0, 0.05) is 36.7 Å². The minimum atomic E-state index is 0.125. The van der Waals surface area contributed by atoms with Gasteiger partial charge in [-0.2, -0.15) is 0 Å². The lowest BCUT2D eigenvalue weighted by atomic mass is 10.1. The molecule has 5 nitrogen and oxygen atoms in total. The summed E-state index contributed by atoms with van der Waals surface area (Å²) in [5, 5.41) is 3.12. The van der Waals surface area contributed by atoms with Crippen molar-refractivity contribution in [1.29, 1.82) is 0 Å².